The highest BCUT2D eigenvalue weighted by molar-refractivity contribution is 7.19. The number of anilines is 5. The van der Waals surface area contributed by atoms with Gasteiger partial charge < -0.3 is 59.1 Å². The van der Waals surface area contributed by atoms with Crippen LogP contribution in [0.25, 0.3) is 21.1 Å². The lowest BCUT2D eigenvalue weighted by Gasteiger charge is -2.30. The maximum atomic E-state index is 13.4. The zero-order valence-electron chi connectivity index (χ0n) is 56.9. The molecule has 3 fully saturated rings. The van der Waals surface area contributed by atoms with Crippen LogP contribution in [0, 0.1) is 13.8 Å². The van der Waals surface area contributed by atoms with Gasteiger partial charge in [-0.2, -0.15) is 52.7 Å². The number of aromatic nitrogens is 6. The van der Waals surface area contributed by atoms with Crippen molar-refractivity contribution in [2.75, 3.05) is 104 Å². The molecule has 0 spiro atoms. The molecule has 6 aromatic heterocycles. The molecule has 6 amide bonds. The van der Waals surface area contributed by atoms with E-state index in [0.29, 0.717) is 166 Å². The van der Waals surface area contributed by atoms with Crippen LogP contribution in [-0.2, 0) is 50.0 Å². The summed E-state index contributed by atoms with van der Waals surface area (Å²) in [5.74, 6) is -2.24. The number of hydrogen-bond donors (Lipinski definition) is 2. The maximum absolute atomic E-state index is 13.4. The third kappa shape index (κ3) is 17.5. The minimum absolute atomic E-state index is 0.00262. The standard InChI is InChI=1S/2C20H22F3N5O3S.C14H15ClF3N3O2.C10H7Cl2F3N2O/c2*1-10-16(32-19(24-10)25-12(3)29)14-8-13-9-28(11(2)20(21,22)23)18(30)15(13)17(26-14)27-4-6-31-7-5-27;1-8(14(16,17)18)21-7-9-6-10(15)19-12(11(9)13(21)22)20-2-4-23-5-3-20;1-4(10(13,14)15)17-3-5-2-6(11)16-8(12)7(5)9(17)18/h2*8,11H,4-7,9H2,1-3H3,(H,24,25,29);6,8H,2-5,7H2,1H3;2,4H,3H2,1H3/t2*11-;;/m10../s1. The highest BCUT2D eigenvalue weighted by atomic mass is 35.5. The van der Waals surface area contributed by atoms with E-state index in [1.165, 1.54) is 48.7 Å². The third-order valence-corrected chi connectivity index (χ3v) is 20.7. The monoisotopic (exact) mass is 1590 g/mol. The van der Waals surface area contributed by atoms with Crippen molar-refractivity contribution in [3.05, 3.63) is 95.6 Å². The van der Waals surface area contributed by atoms with E-state index in [9.17, 15) is 81.5 Å². The Morgan fingerprint density at radius 3 is 0.990 bits per heavy atom. The van der Waals surface area contributed by atoms with Crippen molar-refractivity contribution in [1.82, 2.24) is 49.5 Å². The number of morpholine rings is 3. The number of carbonyl (C=O) groups is 6. The number of carbonyl (C=O) groups excluding carboxylic acids is 6. The minimum atomic E-state index is -4.53. The molecule has 6 aromatic rings. The quantitative estimate of drug-likeness (QED) is 0.0903. The van der Waals surface area contributed by atoms with Crippen molar-refractivity contribution in [3.63, 3.8) is 0 Å². The first-order valence-corrected chi connectivity index (χ1v) is 35.0. The van der Waals surface area contributed by atoms with Gasteiger partial charge in [0, 0.05) is 79.3 Å². The van der Waals surface area contributed by atoms with E-state index in [4.69, 9.17) is 59.0 Å². The number of pyridine rings is 4. The summed E-state index contributed by atoms with van der Waals surface area (Å²) < 4.78 is 173. The summed E-state index contributed by atoms with van der Waals surface area (Å²) in [6, 6.07) is -1.46. The summed E-state index contributed by atoms with van der Waals surface area (Å²) >= 11 is 19.8. The average molecular weight is 1590 g/mol. The third-order valence-electron chi connectivity index (χ3n) is 17.8. The van der Waals surface area contributed by atoms with Crippen LogP contribution >= 0.6 is 57.5 Å². The van der Waals surface area contributed by atoms with Crippen LogP contribution in [0.3, 0.4) is 0 Å². The number of ether oxygens (including phenoxy) is 3. The van der Waals surface area contributed by atoms with Crippen molar-refractivity contribution in [3.8, 4) is 21.1 Å². The van der Waals surface area contributed by atoms with Crippen LogP contribution in [0.15, 0.2) is 24.3 Å². The number of thiazole rings is 2. The normalized spacial score (nSPS) is 18.0. The van der Waals surface area contributed by atoms with E-state index >= 15 is 0 Å². The van der Waals surface area contributed by atoms with Gasteiger partial charge in [-0.25, -0.2) is 29.9 Å². The fourth-order valence-electron chi connectivity index (χ4n) is 12.1. The molecule has 105 heavy (non-hydrogen) atoms. The van der Waals surface area contributed by atoms with E-state index in [-0.39, 0.29) is 75.7 Å². The predicted octanol–water partition coefficient (Wildman–Crippen LogP) is 12.2. The molecular weight excluding hydrogens is 1520 g/mol. The van der Waals surface area contributed by atoms with E-state index in [2.05, 4.69) is 30.6 Å². The van der Waals surface area contributed by atoms with E-state index in [0.717, 1.165) is 42.4 Å². The summed E-state index contributed by atoms with van der Waals surface area (Å²) in [5, 5.41) is 6.14. The van der Waals surface area contributed by atoms with Gasteiger partial charge in [0.2, 0.25) is 11.8 Å². The molecule has 568 valence electrons. The first kappa shape index (κ1) is 79.6. The number of hydrogen-bond acceptors (Lipinski definition) is 20. The molecule has 13 heterocycles. The number of amides is 6. The molecule has 0 aliphatic carbocycles. The maximum Gasteiger partial charge on any atom is 0.408 e. The van der Waals surface area contributed by atoms with Crippen LogP contribution in [-0.4, -0.2) is 213 Å². The second-order valence-electron chi connectivity index (χ2n) is 24.9. The Morgan fingerprint density at radius 1 is 0.429 bits per heavy atom. The number of nitrogens with one attached hydrogen (secondary N) is 2. The molecule has 2 N–H and O–H groups in total. The summed E-state index contributed by atoms with van der Waals surface area (Å²) in [4.78, 5) is 109. The van der Waals surface area contributed by atoms with Gasteiger partial charge in [0.05, 0.1) is 94.4 Å². The van der Waals surface area contributed by atoms with Gasteiger partial charge in [0.15, 0.2) is 10.3 Å². The van der Waals surface area contributed by atoms with E-state index < -0.39 is 72.5 Å². The lowest BCUT2D eigenvalue weighted by Crippen LogP contribution is -2.44. The Hall–Kier alpha value is -8.01. The second kappa shape index (κ2) is 31.4. The lowest BCUT2D eigenvalue weighted by molar-refractivity contribution is -0.172. The van der Waals surface area contributed by atoms with Crippen molar-refractivity contribution in [2.24, 2.45) is 0 Å². The SMILES string of the molecule is CC(=O)Nc1nc(C)c(-c2cc3c(c(N4CCOCC4)n2)C(=O)N([C@@H](C)C(F)(F)F)C3)s1.CC(=O)Nc1nc(C)c(-c2cc3c(c(N4CCOCC4)n2)C(=O)N([C@H](C)C(F)(F)F)C3)s1.CC(N1Cc2cc(Cl)nc(Cl)c2C1=O)C(F)(F)F.CC(N1Cc2cc(Cl)nc(N3CCOCC3)c2C1=O)C(F)(F)F. The summed E-state index contributed by atoms with van der Waals surface area (Å²) in [5.41, 5.74) is 4.72. The van der Waals surface area contributed by atoms with Gasteiger partial charge in [0.1, 0.15) is 57.1 Å². The topological polar surface area (TPSA) is 254 Å². The predicted molar refractivity (Wildman–Crippen MR) is 363 cm³/mol. The number of nitrogens with zero attached hydrogens (tertiary/aromatic N) is 13. The molecule has 0 radical (unpaired) electrons. The van der Waals surface area contributed by atoms with E-state index in [1.54, 1.807) is 26.0 Å². The number of halogens is 15. The van der Waals surface area contributed by atoms with Gasteiger partial charge in [0.25, 0.3) is 23.6 Å². The first-order chi connectivity index (χ1) is 49.1. The molecular formula is C64H66Cl3F12N15O9S2. The average Bonchev–Trinajstić information content (AvgIpc) is 1.63. The number of alkyl halides is 12. The Bertz CT molecular complexity index is 4170. The zero-order chi connectivity index (χ0) is 76.9. The molecule has 2 unspecified atom stereocenters. The molecule has 3 saturated heterocycles. The molecule has 0 bridgehead atoms. The Labute approximate surface area is 614 Å². The van der Waals surface area contributed by atoms with Crippen molar-refractivity contribution >= 4 is 121 Å². The highest BCUT2D eigenvalue weighted by Gasteiger charge is 2.51. The number of fused-ring (bicyclic) bond motifs is 4. The Morgan fingerprint density at radius 2 is 0.695 bits per heavy atom. The van der Waals surface area contributed by atoms with Crippen molar-refractivity contribution in [2.45, 2.75) is 130 Å². The molecule has 7 aliphatic heterocycles. The molecule has 24 nitrogen and oxygen atoms in total. The smallest absolute Gasteiger partial charge is 0.378 e. The summed E-state index contributed by atoms with van der Waals surface area (Å²) in [7, 11) is 0. The van der Waals surface area contributed by atoms with Crippen molar-refractivity contribution in [1.29, 1.82) is 0 Å². The molecule has 4 atom stereocenters. The lowest BCUT2D eigenvalue weighted by atomic mass is 10.1. The summed E-state index contributed by atoms with van der Waals surface area (Å²) in [6.45, 7) is 15.2. The fourth-order valence-corrected chi connectivity index (χ4v) is 14.9. The van der Waals surface area contributed by atoms with Crippen LogP contribution in [0.4, 0.5) is 80.4 Å². The first-order valence-electron chi connectivity index (χ1n) is 32.2. The molecule has 13 rings (SSSR count). The molecule has 0 saturated carbocycles. The molecule has 0 aromatic carbocycles. The van der Waals surface area contributed by atoms with E-state index in [1.807, 2.05) is 14.7 Å². The fraction of sp³-hybridized carbons (Fsp3) is 0.500. The molecule has 7 aliphatic rings. The molecule has 41 heteroatoms. The van der Waals surface area contributed by atoms with Gasteiger partial charge in [-0.05, 0) is 88.1 Å². The van der Waals surface area contributed by atoms with Gasteiger partial charge >= 0.3 is 24.7 Å². The Kier molecular flexibility index (Phi) is 23.8. The largest absolute Gasteiger partial charge is 0.408 e. The summed E-state index contributed by atoms with van der Waals surface area (Å²) in [6.07, 6.45) is -18.0. The number of aryl methyl sites for hydroxylation is 2. The van der Waals surface area contributed by atoms with Gasteiger partial charge in [-0.1, -0.05) is 57.5 Å². The number of rotatable bonds is 11. The van der Waals surface area contributed by atoms with Crippen LogP contribution in [0.2, 0.25) is 15.5 Å². The van der Waals surface area contributed by atoms with Gasteiger partial charge in [-0.15, -0.1) is 0 Å². The van der Waals surface area contributed by atoms with Gasteiger partial charge in [-0.3, -0.25) is 28.8 Å². The van der Waals surface area contributed by atoms with Crippen LogP contribution in [0.5, 0.6) is 0 Å². The van der Waals surface area contributed by atoms with Crippen molar-refractivity contribution < 1.29 is 95.7 Å². The zero-order valence-corrected chi connectivity index (χ0v) is 60.8. The second-order valence-corrected chi connectivity index (χ2v) is 28.1. The Balaban J connectivity index is 0.000000154. The minimum Gasteiger partial charge on any atom is -0.378 e. The highest BCUT2D eigenvalue weighted by Crippen LogP contribution is 2.45. The van der Waals surface area contributed by atoms with Crippen LogP contribution in [0.1, 0.15) is 117 Å². The van der Waals surface area contributed by atoms with Crippen LogP contribution < -0.4 is 25.3 Å².